The summed E-state index contributed by atoms with van der Waals surface area (Å²) in [5.74, 6) is 0.952. The number of benzene rings is 1. The van der Waals surface area contributed by atoms with Crippen molar-refractivity contribution in [3.8, 4) is 5.75 Å². The molecule has 1 amide bonds. The van der Waals surface area contributed by atoms with Gasteiger partial charge in [0.1, 0.15) is 17.4 Å². The second kappa shape index (κ2) is 9.56. The second-order valence-electron chi connectivity index (χ2n) is 6.45. The predicted molar refractivity (Wildman–Crippen MR) is 109 cm³/mol. The normalized spacial score (nSPS) is 10.8. The van der Waals surface area contributed by atoms with Gasteiger partial charge in [-0.15, -0.1) is 11.8 Å². The Labute approximate surface area is 173 Å². The molecule has 3 rings (SSSR count). The Morgan fingerprint density at radius 3 is 2.76 bits per heavy atom. The van der Waals surface area contributed by atoms with Crippen molar-refractivity contribution in [3.63, 3.8) is 0 Å². The quantitative estimate of drug-likeness (QED) is 0.512. The molecule has 2 heterocycles. The Kier molecular flexibility index (Phi) is 6.87. The number of carbonyl (C=O) groups excluding carboxylic acids is 1. The number of halogens is 1. The summed E-state index contributed by atoms with van der Waals surface area (Å²) < 4.78 is 24.2. The summed E-state index contributed by atoms with van der Waals surface area (Å²) in [6.45, 7) is 4.25. The molecule has 29 heavy (non-hydrogen) atoms. The van der Waals surface area contributed by atoms with Crippen LogP contribution in [0.15, 0.2) is 52.1 Å². The molecule has 0 aliphatic heterocycles. The summed E-state index contributed by atoms with van der Waals surface area (Å²) >= 11 is 1.46. The minimum Gasteiger partial charge on any atom is -0.489 e. The van der Waals surface area contributed by atoms with Crippen molar-refractivity contribution < 1.29 is 18.4 Å². The lowest BCUT2D eigenvalue weighted by atomic mass is 10.2. The number of rotatable bonds is 8. The highest BCUT2D eigenvalue weighted by atomic mass is 32.2. The molecule has 0 bridgehead atoms. The van der Waals surface area contributed by atoms with Crippen LogP contribution in [0.1, 0.15) is 27.4 Å². The van der Waals surface area contributed by atoms with Gasteiger partial charge in [-0.2, -0.15) is 0 Å². The summed E-state index contributed by atoms with van der Waals surface area (Å²) in [4.78, 5) is 18.8. The largest absolute Gasteiger partial charge is 0.489 e. The molecular weight excluding hydrogens is 393 g/mol. The number of aryl methyl sites for hydroxylation is 2. The number of nitrogens with zero attached hydrogens (tertiary/aromatic N) is 3. The van der Waals surface area contributed by atoms with Gasteiger partial charge in [0.15, 0.2) is 11.6 Å². The van der Waals surface area contributed by atoms with E-state index in [0.717, 1.165) is 17.0 Å². The third-order valence-electron chi connectivity index (χ3n) is 4.40. The molecule has 0 saturated heterocycles. The molecule has 0 atom stereocenters. The molecule has 0 radical (unpaired) electrons. The van der Waals surface area contributed by atoms with Gasteiger partial charge in [0.2, 0.25) is 0 Å². The molecule has 0 N–H and O–H groups in total. The minimum absolute atomic E-state index is 0.170. The van der Waals surface area contributed by atoms with E-state index >= 15 is 0 Å². The van der Waals surface area contributed by atoms with E-state index in [9.17, 15) is 9.18 Å². The van der Waals surface area contributed by atoms with Crippen LogP contribution in [0.3, 0.4) is 0 Å². The van der Waals surface area contributed by atoms with Gasteiger partial charge in [0.05, 0.1) is 17.8 Å². The number of aromatic nitrogens is 2. The highest BCUT2D eigenvalue weighted by Crippen LogP contribution is 2.27. The fourth-order valence-corrected chi connectivity index (χ4v) is 3.82. The first-order chi connectivity index (χ1) is 14.0. The molecule has 8 heteroatoms. The SMILES string of the molecule is Cc1noc(C)c1CSc1ncccc1C(=O)N(C)CCOc1ccccc1F. The van der Waals surface area contributed by atoms with Crippen molar-refractivity contribution in [2.45, 2.75) is 24.6 Å². The first-order valence-corrected chi connectivity index (χ1v) is 10.1. The van der Waals surface area contributed by atoms with E-state index in [4.69, 9.17) is 9.26 Å². The molecule has 6 nitrogen and oxygen atoms in total. The average molecular weight is 415 g/mol. The van der Waals surface area contributed by atoms with E-state index in [-0.39, 0.29) is 18.3 Å². The van der Waals surface area contributed by atoms with Crippen molar-refractivity contribution in [2.75, 3.05) is 20.2 Å². The highest BCUT2D eigenvalue weighted by molar-refractivity contribution is 7.98. The number of thioether (sulfide) groups is 1. The van der Waals surface area contributed by atoms with Gasteiger partial charge in [-0.3, -0.25) is 4.79 Å². The molecule has 0 aliphatic rings. The Hall–Kier alpha value is -2.87. The minimum atomic E-state index is -0.424. The summed E-state index contributed by atoms with van der Waals surface area (Å²) in [7, 11) is 1.68. The van der Waals surface area contributed by atoms with Gasteiger partial charge in [0, 0.05) is 24.6 Å². The summed E-state index contributed by atoms with van der Waals surface area (Å²) in [6.07, 6.45) is 1.66. The number of likely N-dealkylation sites (N-methyl/N-ethyl adjacent to an activating group) is 1. The Morgan fingerprint density at radius 2 is 2.03 bits per heavy atom. The predicted octanol–water partition coefficient (Wildman–Crippen LogP) is 4.27. The molecular formula is C21H22FN3O3S. The van der Waals surface area contributed by atoms with E-state index in [1.807, 2.05) is 13.8 Å². The molecule has 0 unspecified atom stereocenters. The molecule has 2 aromatic heterocycles. The number of amides is 1. The fraction of sp³-hybridized carbons (Fsp3) is 0.286. The maximum atomic E-state index is 13.6. The zero-order valence-electron chi connectivity index (χ0n) is 16.5. The summed E-state index contributed by atoms with van der Waals surface area (Å²) in [5, 5.41) is 4.59. The third-order valence-corrected chi connectivity index (χ3v) is 5.44. The first-order valence-electron chi connectivity index (χ1n) is 9.09. The monoisotopic (exact) mass is 415 g/mol. The lowest BCUT2D eigenvalue weighted by Crippen LogP contribution is -2.31. The maximum absolute atomic E-state index is 13.6. The van der Waals surface area contributed by atoms with Crippen LogP contribution in [0.4, 0.5) is 4.39 Å². The smallest absolute Gasteiger partial charge is 0.256 e. The van der Waals surface area contributed by atoms with Crippen molar-refractivity contribution in [2.24, 2.45) is 0 Å². The van der Waals surface area contributed by atoms with Crippen molar-refractivity contribution >= 4 is 17.7 Å². The van der Waals surface area contributed by atoms with Crippen LogP contribution >= 0.6 is 11.8 Å². The maximum Gasteiger partial charge on any atom is 0.256 e. The van der Waals surface area contributed by atoms with Crippen LogP contribution < -0.4 is 4.74 Å². The summed E-state index contributed by atoms with van der Waals surface area (Å²) in [6, 6.07) is 9.67. The van der Waals surface area contributed by atoms with Gasteiger partial charge in [-0.1, -0.05) is 17.3 Å². The molecule has 0 saturated carbocycles. The van der Waals surface area contributed by atoms with E-state index in [0.29, 0.717) is 22.9 Å². The van der Waals surface area contributed by atoms with E-state index < -0.39 is 5.82 Å². The van der Waals surface area contributed by atoms with E-state index in [2.05, 4.69) is 10.1 Å². The van der Waals surface area contributed by atoms with Crippen LogP contribution in [-0.4, -0.2) is 41.1 Å². The zero-order chi connectivity index (χ0) is 20.8. The number of hydrogen-bond acceptors (Lipinski definition) is 6. The lowest BCUT2D eigenvalue weighted by Gasteiger charge is -2.19. The second-order valence-corrected chi connectivity index (χ2v) is 7.42. The number of hydrogen-bond donors (Lipinski definition) is 0. The molecule has 3 aromatic rings. The first kappa shape index (κ1) is 20.9. The van der Waals surface area contributed by atoms with Crippen LogP contribution in [0, 0.1) is 19.7 Å². The average Bonchev–Trinajstić information content (AvgIpc) is 3.05. The van der Waals surface area contributed by atoms with Gasteiger partial charge in [-0.05, 0) is 38.1 Å². The van der Waals surface area contributed by atoms with Crippen LogP contribution in [0.5, 0.6) is 5.75 Å². The standard InChI is InChI=1S/C21H22FN3O3S/c1-14-17(15(2)28-24-14)13-29-20-16(7-6-10-23-20)21(26)25(3)11-12-27-19-9-5-4-8-18(19)22/h4-10H,11-13H2,1-3H3. The number of ether oxygens (including phenoxy) is 1. The van der Waals surface area contributed by atoms with Crippen molar-refractivity contribution in [1.82, 2.24) is 15.0 Å². The van der Waals surface area contributed by atoms with E-state index in [1.165, 1.54) is 22.7 Å². The number of pyridine rings is 1. The van der Waals surface area contributed by atoms with E-state index in [1.54, 1.807) is 43.6 Å². The lowest BCUT2D eigenvalue weighted by molar-refractivity contribution is 0.0768. The van der Waals surface area contributed by atoms with Crippen LogP contribution in [0.25, 0.3) is 0 Å². The molecule has 0 spiro atoms. The Balaban J connectivity index is 1.62. The van der Waals surface area contributed by atoms with Gasteiger partial charge < -0.3 is 14.2 Å². The molecule has 1 aromatic carbocycles. The van der Waals surface area contributed by atoms with Crippen LogP contribution in [-0.2, 0) is 5.75 Å². The molecule has 0 fully saturated rings. The Morgan fingerprint density at radius 1 is 1.24 bits per heavy atom. The van der Waals surface area contributed by atoms with Crippen LogP contribution in [0.2, 0.25) is 0 Å². The molecule has 0 aliphatic carbocycles. The Bertz CT molecular complexity index is 973. The van der Waals surface area contributed by atoms with Gasteiger partial charge in [0.25, 0.3) is 5.91 Å². The number of carbonyl (C=O) groups is 1. The number of para-hydroxylation sites is 1. The molecule has 152 valence electrons. The van der Waals surface area contributed by atoms with Gasteiger partial charge >= 0.3 is 0 Å². The zero-order valence-corrected chi connectivity index (χ0v) is 17.3. The van der Waals surface area contributed by atoms with Gasteiger partial charge in [-0.25, -0.2) is 9.37 Å². The fourth-order valence-electron chi connectivity index (χ4n) is 2.68. The topological polar surface area (TPSA) is 68.5 Å². The summed E-state index contributed by atoms with van der Waals surface area (Å²) in [5.41, 5.74) is 2.35. The van der Waals surface area contributed by atoms with Crippen molar-refractivity contribution in [3.05, 3.63) is 71.0 Å². The third kappa shape index (κ3) is 5.14. The highest BCUT2D eigenvalue weighted by Gasteiger charge is 2.18. The van der Waals surface area contributed by atoms with Crippen molar-refractivity contribution in [1.29, 1.82) is 0 Å².